The summed E-state index contributed by atoms with van der Waals surface area (Å²) < 4.78 is 4.83. The molecule has 294 valence electrons. The lowest BCUT2D eigenvalue weighted by Gasteiger charge is -2.44. The number of carbonyl (C=O) groups excluding carboxylic acids is 4. The predicted molar refractivity (Wildman–Crippen MR) is 201 cm³/mol. The van der Waals surface area contributed by atoms with Crippen molar-refractivity contribution in [2.75, 3.05) is 13.1 Å². The number of halogens is 1. The molecule has 0 saturated carbocycles. The Bertz CT molecular complexity index is 2340. The van der Waals surface area contributed by atoms with Crippen LogP contribution < -0.4 is 0 Å². The largest absolute Gasteiger partial charge is 0.480 e. The number of fused-ring (bicyclic) bond motifs is 4. The second-order valence-corrected chi connectivity index (χ2v) is 15.8. The molecule has 17 nitrogen and oxygen atoms in total. The van der Waals surface area contributed by atoms with Crippen molar-refractivity contribution in [2.45, 2.75) is 87.1 Å². The molecular weight excluding hydrogens is 760 g/mol. The quantitative estimate of drug-likeness (QED) is 0.158. The van der Waals surface area contributed by atoms with Crippen molar-refractivity contribution in [2.24, 2.45) is 10.9 Å². The minimum absolute atomic E-state index is 0.0113. The fourth-order valence-electron chi connectivity index (χ4n) is 9.79. The molecule has 18 heteroatoms. The number of aliphatic imine (C=N–C) groups is 1. The average molecular weight is 797 g/mol. The van der Waals surface area contributed by atoms with Crippen molar-refractivity contribution >= 4 is 69.3 Å². The SMILES string of the molecule is O=C(O)[C@@H]1CC[C@@H]2C=C[C@H]3CCN(C(=O)[C@@H]4CC[C@H]5C=C[C@]6(CCCN6C(=O)C(Cc6ccccc6Cl)=Nc6ccc([N+](=O)[O-])c7nonc67)C(=O)N54)[C@@H]3C(=O)N21. The molecule has 7 atom stereocenters. The van der Waals surface area contributed by atoms with Gasteiger partial charge in [-0.15, -0.1) is 0 Å². The zero-order valence-electron chi connectivity index (χ0n) is 30.5. The van der Waals surface area contributed by atoms with Gasteiger partial charge in [0.15, 0.2) is 5.52 Å². The first-order chi connectivity index (χ1) is 27.5. The summed E-state index contributed by atoms with van der Waals surface area (Å²) in [5.74, 6) is -3.07. The van der Waals surface area contributed by atoms with Crippen molar-refractivity contribution in [3.63, 3.8) is 0 Å². The normalized spacial score (nSPS) is 29.3. The van der Waals surface area contributed by atoms with Crippen LogP contribution in [0.5, 0.6) is 0 Å². The first kappa shape index (κ1) is 36.7. The Kier molecular flexibility index (Phi) is 8.94. The second-order valence-electron chi connectivity index (χ2n) is 15.4. The maximum absolute atomic E-state index is 15.0. The van der Waals surface area contributed by atoms with Crippen LogP contribution in [0.2, 0.25) is 5.02 Å². The van der Waals surface area contributed by atoms with Gasteiger partial charge in [-0.05, 0) is 73.0 Å². The van der Waals surface area contributed by atoms with Crippen LogP contribution in [0.4, 0.5) is 11.4 Å². The van der Waals surface area contributed by atoms with Gasteiger partial charge in [0.05, 0.1) is 22.7 Å². The number of aliphatic carboxylic acids is 1. The van der Waals surface area contributed by atoms with E-state index in [0.29, 0.717) is 49.1 Å². The summed E-state index contributed by atoms with van der Waals surface area (Å²) >= 11 is 6.55. The highest BCUT2D eigenvalue weighted by Gasteiger charge is 2.58. The van der Waals surface area contributed by atoms with E-state index in [1.807, 2.05) is 18.2 Å². The summed E-state index contributed by atoms with van der Waals surface area (Å²) in [6, 6.07) is 6.00. The molecule has 9 rings (SSSR count). The van der Waals surface area contributed by atoms with Gasteiger partial charge in [-0.25, -0.2) is 14.4 Å². The monoisotopic (exact) mass is 796 g/mol. The second kappa shape index (κ2) is 13.9. The number of carbonyl (C=O) groups is 5. The molecule has 2 aromatic carbocycles. The fourth-order valence-corrected chi connectivity index (χ4v) is 10.00. The Morgan fingerprint density at radius 2 is 1.70 bits per heavy atom. The van der Waals surface area contributed by atoms with E-state index in [0.717, 1.165) is 0 Å². The lowest BCUT2D eigenvalue weighted by molar-refractivity contribution is -0.383. The van der Waals surface area contributed by atoms with E-state index in [1.54, 1.807) is 35.2 Å². The topological polar surface area (TPSA) is 213 Å². The molecule has 1 N–H and O–H groups in total. The van der Waals surface area contributed by atoms with Crippen molar-refractivity contribution < 1.29 is 38.6 Å². The van der Waals surface area contributed by atoms with Gasteiger partial charge in [-0.1, -0.05) is 54.1 Å². The molecule has 1 aromatic heterocycles. The average Bonchev–Trinajstić information content (AvgIpc) is 4.04. The van der Waals surface area contributed by atoms with Crippen LogP contribution in [-0.4, -0.2) is 124 Å². The van der Waals surface area contributed by atoms with Crippen LogP contribution in [0.15, 0.2) is 70.3 Å². The van der Waals surface area contributed by atoms with E-state index in [-0.39, 0.29) is 77.8 Å². The Morgan fingerprint density at radius 1 is 0.947 bits per heavy atom. The Balaban J connectivity index is 1.03. The third-order valence-electron chi connectivity index (χ3n) is 12.5. The number of benzene rings is 2. The van der Waals surface area contributed by atoms with E-state index < -0.39 is 52.4 Å². The molecule has 6 aliphatic rings. The van der Waals surface area contributed by atoms with E-state index in [1.165, 1.54) is 26.8 Å². The number of carboxylic acids is 1. The maximum atomic E-state index is 15.0. The molecule has 4 fully saturated rings. The molecule has 6 aliphatic heterocycles. The molecule has 0 unspecified atom stereocenters. The van der Waals surface area contributed by atoms with Gasteiger partial charge >= 0.3 is 11.7 Å². The van der Waals surface area contributed by atoms with Crippen LogP contribution in [-0.2, 0) is 30.4 Å². The standard InChI is InChI=1S/C39H37ClN8O9/c40-25-5-2-1-4-22(25)20-27(41-26-10-13-28(48(55)56)32-31(26)42-57-43-32)34(49)45-18-3-16-39(45)17-14-24-8-11-29(47(24)38(39)54)35(50)44-19-15-21-6-7-23-9-12-30(37(52)53)46(23)36(51)33(21)44/h1-2,4-7,10,13-14,17,21,23-24,29-30,33H,3,8-9,11-12,15-16,18-20H2,(H,52,53)/t21-,23-,24-,29-,30-,33-,39+/m0/s1. The summed E-state index contributed by atoms with van der Waals surface area (Å²) in [5, 5.41) is 29.5. The predicted octanol–water partition coefficient (Wildman–Crippen LogP) is 3.62. The highest BCUT2D eigenvalue weighted by Crippen LogP contribution is 2.43. The van der Waals surface area contributed by atoms with E-state index in [9.17, 15) is 39.2 Å². The summed E-state index contributed by atoms with van der Waals surface area (Å²) in [4.78, 5) is 92.4. The third-order valence-corrected chi connectivity index (χ3v) is 12.9. The van der Waals surface area contributed by atoms with Crippen LogP contribution in [0.25, 0.3) is 11.0 Å². The highest BCUT2D eigenvalue weighted by molar-refractivity contribution is 6.41. The summed E-state index contributed by atoms with van der Waals surface area (Å²) in [5.41, 5.74) is -1.29. The number of likely N-dealkylation sites (tertiary alicyclic amines) is 2. The smallest absolute Gasteiger partial charge is 0.326 e. The first-order valence-corrected chi connectivity index (χ1v) is 19.4. The van der Waals surface area contributed by atoms with Gasteiger partial charge < -0.3 is 24.7 Å². The van der Waals surface area contributed by atoms with Gasteiger partial charge in [0.1, 0.15) is 29.4 Å². The highest BCUT2D eigenvalue weighted by atomic mass is 35.5. The minimum Gasteiger partial charge on any atom is -0.480 e. The fraction of sp³-hybridized carbons (Fsp3) is 0.436. The van der Waals surface area contributed by atoms with Gasteiger partial charge in [0, 0.05) is 36.5 Å². The lowest BCUT2D eigenvalue weighted by Crippen LogP contribution is -2.64. The molecule has 4 amide bonds. The summed E-state index contributed by atoms with van der Waals surface area (Å²) in [6.07, 6.45) is 10.5. The van der Waals surface area contributed by atoms with Crippen LogP contribution in [0, 0.1) is 16.0 Å². The Hall–Kier alpha value is -5.97. The minimum atomic E-state index is -1.44. The van der Waals surface area contributed by atoms with E-state index >= 15 is 0 Å². The van der Waals surface area contributed by atoms with Crippen molar-refractivity contribution in [1.29, 1.82) is 0 Å². The molecule has 7 heterocycles. The number of carboxylic acid groups (broad SMARTS) is 1. The van der Waals surface area contributed by atoms with Gasteiger partial charge in [-0.3, -0.25) is 29.3 Å². The van der Waals surface area contributed by atoms with E-state index in [2.05, 4.69) is 10.3 Å². The zero-order chi connectivity index (χ0) is 39.7. The summed E-state index contributed by atoms with van der Waals surface area (Å²) in [7, 11) is 0. The number of non-ortho nitro benzene ring substituents is 1. The number of nitro benzene ring substituents is 1. The maximum Gasteiger partial charge on any atom is 0.326 e. The van der Waals surface area contributed by atoms with Crippen LogP contribution in [0.3, 0.4) is 0 Å². The number of nitro groups is 1. The number of aromatic nitrogens is 2. The Morgan fingerprint density at radius 3 is 2.47 bits per heavy atom. The van der Waals surface area contributed by atoms with E-state index in [4.69, 9.17) is 21.2 Å². The van der Waals surface area contributed by atoms with Crippen molar-refractivity contribution in [3.05, 3.63) is 81.4 Å². The number of rotatable bonds is 7. The van der Waals surface area contributed by atoms with Crippen molar-refractivity contribution in [1.82, 2.24) is 29.9 Å². The number of hydrogen-bond donors (Lipinski definition) is 1. The van der Waals surface area contributed by atoms with Gasteiger partial charge in [0.25, 0.3) is 11.8 Å². The lowest BCUT2D eigenvalue weighted by atomic mass is 9.88. The number of amides is 4. The number of nitrogens with zero attached hydrogens (tertiary/aromatic N) is 8. The van der Waals surface area contributed by atoms with Crippen molar-refractivity contribution in [3.8, 4) is 0 Å². The van der Waals surface area contributed by atoms with Gasteiger partial charge in [-0.2, -0.15) is 0 Å². The molecular formula is C39H37ClN8O9. The molecule has 0 bridgehead atoms. The van der Waals surface area contributed by atoms with Crippen LogP contribution in [0.1, 0.15) is 50.5 Å². The first-order valence-electron chi connectivity index (χ1n) is 19.1. The van der Waals surface area contributed by atoms with Gasteiger partial charge in [0.2, 0.25) is 17.3 Å². The molecule has 4 saturated heterocycles. The molecule has 3 aromatic rings. The van der Waals surface area contributed by atoms with Crippen LogP contribution >= 0.6 is 11.6 Å². The molecule has 57 heavy (non-hydrogen) atoms. The number of hydrogen-bond acceptors (Lipinski definition) is 11. The molecule has 0 aliphatic carbocycles. The molecule has 0 radical (unpaired) electrons. The third kappa shape index (κ3) is 5.80. The Labute approximate surface area is 329 Å². The zero-order valence-corrected chi connectivity index (χ0v) is 31.2. The molecule has 1 spiro atoms. The summed E-state index contributed by atoms with van der Waals surface area (Å²) in [6.45, 7) is 0.487.